The van der Waals surface area contributed by atoms with E-state index in [1.165, 1.54) is 31.2 Å². The second-order valence-corrected chi connectivity index (χ2v) is 5.15. The zero-order valence-electron chi connectivity index (χ0n) is 12.2. The molecular formula is C17H17NO4. The minimum Gasteiger partial charge on any atom is -0.478 e. The van der Waals surface area contributed by atoms with Crippen LogP contribution in [0.4, 0.5) is 0 Å². The van der Waals surface area contributed by atoms with Crippen LogP contribution < -0.4 is 5.73 Å². The summed E-state index contributed by atoms with van der Waals surface area (Å²) < 4.78 is 5.24. The van der Waals surface area contributed by atoms with Crippen molar-refractivity contribution in [3.63, 3.8) is 0 Å². The number of rotatable bonds is 5. The molecule has 2 aromatic carbocycles. The Hall–Kier alpha value is -2.66. The second-order valence-electron chi connectivity index (χ2n) is 5.15. The first-order valence-corrected chi connectivity index (χ1v) is 6.75. The number of nitrogens with two attached hydrogens (primary N) is 1. The average molecular weight is 299 g/mol. The number of esters is 1. The Balaban J connectivity index is 2.08. The van der Waals surface area contributed by atoms with Gasteiger partial charge in [0.15, 0.2) is 0 Å². The van der Waals surface area contributed by atoms with E-state index >= 15 is 0 Å². The summed E-state index contributed by atoms with van der Waals surface area (Å²) in [5.74, 6) is -1.60. The lowest BCUT2D eigenvalue weighted by Crippen LogP contribution is -2.43. The van der Waals surface area contributed by atoms with Gasteiger partial charge < -0.3 is 15.6 Å². The third kappa shape index (κ3) is 3.51. The topological polar surface area (TPSA) is 89.6 Å². The van der Waals surface area contributed by atoms with Crippen molar-refractivity contribution in [1.82, 2.24) is 0 Å². The molecule has 2 rings (SSSR count). The molecule has 1 atom stereocenters. The maximum atomic E-state index is 12.2. The summed E-state index contributed by atoms with van der Waals surface area (Å²) in [6.45, 7) is 1.68. The van der Waals surface area contributed by atoms with E-state index in [9.17, 15) is 9.59 Å². The molecule has 0 aliphatic rings. The lowest BCUT2D eigenvalue weighted by Gasteiger charge is -2.23. The Morgan fingerprint density at radius 3 is 2.23 bits per heavy atom. The number of aromatic carboxylic acids is 1. The first kappa shape index (κ1) is 15.7. The number of carboxylic acids is 1. The molecule has 5 nitrogen and oxygen atoms in total. The first-order valence-electron chi connectivity index (χ1n) is 6.75. The highest BCUT2D eigenvalue weighted by molar-refractivity contribution is 5.88. The van der Waals surface area contributed by atoms with Gasteiger partial charge in [-0.05, 0) is 30.2 Å². The summed E-state index contributed by atoms with van der Waals surface area (Å²) in [5, 5.41) is 8.88. The van der Waals surface area contributed by atoms with Crippen LogP contribution in [-0.2, 0) is 21.7 Å². The normalized spacial score (nSPS) is 13.2. The monoisotopic (exact) mass is 299 g/mol. The number of benzene rings is 2. The number of hydrogen-bond donors (Lipinski definition) is 2. The molecule has 0 spiro atoms. The van der Waals surface area contributed by atoms with Crippen LogP contribution in [0.15, 0.2) is 54.6 Å². The van der Waals surface area contributed by atoms with Crippen LogP contribution in [0, 0.1) is 0 Å². The van der Waals surface area contributed by atoms with Crippen molar-refractivity contribution in [2.24, 2.45) is 5.73 Å². The maximum absolute atomic E-state index is 12.2. The van der Waals surface area contributed by atoms with Crippen LogP contribution >= 0.6 is 0 Å². The van der Waals surface area contributed by atoms with Crippen molar-refractivity contribution in [2.45, 2.75) is 19.1 Å². The Labute approximate surface area is 128 Å². The van der Waals surface area contributed by atoms with E-state index < -0.39 is 17.5 Å². The highest BCUT2D eigenvalue weighted by atomic mass is 16.5. The summed E-state index contributed by atoms with van der Waals surface area (Å²) in [4.78, 5) is 23.0. The third-order valence-corrected chi connectivity index (χ3v) is 3.37. The van der Waals surface area contributed by atoms with Gasteiger partial charge in [-0.3, -0.25) is 0 Å². The van der Waals surface area contributed by atoms with Crippen molar-refractivity contribution in [3.05, 3.63) is 71.3 Å². The predicted molar refractivity (Wildman–Crippen MR) is 81.2 cm³/mol. The molecule has 0 saturated carbocycles. The van der Waals surface area contributed by atoms with Gasteiger partial charge in [0, 0.05) is 0 Å². The summed E-state index contributed by atoms with van der Waals surface area (Å²) in [6.07, 6.45) is 0. The Morgan fingerprint density at radius 2 is 1.68 bits per heavy atom. The van der Waals surface area contributed by atoms with Gasteiger partial charge in [-0.15, -0.1) is 0 Å². The van der Waals surface area contributed by atoms with Gasteiger partial charge in [0.25, 0.3) is 0 Å². The van der Waals surface area contributed by atoms with Crippen molar-refractivity contribution < 1.29 is 19.4 Å². The van der Waals surface area contributed by atoms with Crippen LogP contribution in [0.25, 0.3) is 0 Å². The van der Waals surface area contributed by atoms with E-state index in [-0.39, 0.29) is 12.2 Å². The summed E-state index contributed by atoms with van der Waals surface area (Å²) in [5.41, 5.74) is 6.21. The van der Waals surface area contributed by atoms with Crippen LogP contribution in [-0.4, -0.2) is 17.0 Å². The zero-order chi connectivity index (χ0) is 16.2. The fraction of sp³-hybridized carbons (Fsp3) is 0.176. The molecule has 0 saturated heterocycles. The number of ether oxygens (including phenoxy) is 1. The molecule has 0 aliphatic heterocycles. The van der Waals surface area contributed by atoms with Crippen LogP contribution in [0.2, 0.25) is 0 Å². The summed E-state index contributed by atoms with van der Waals surface area (Å²) in [7, 11) is 0. The molecule has 22 heavy (non-hydrogen) atoms. The number of hydrogen-bond acceptors (Lipinski definition) is 4. The lowest BCUT2D eigenvalue weighted by atomic mass is 9.92. The fourth-order valence-corrected chi connectivity index (χ4v) is 1.95. The minimum absolute atomic E-state index is 0.136. The molecular weight excluding hydrogens is 282 g/mol. The first-order chi connectivity index (χ1) is 10.4. The van der Waals surface area contributed by atoms with E-state index in [0.717, 1.165) is 5.56 Å². The highest BCUT2D eigenvalue weighted by Gasteiger charge is 2.32. The van der Waals surface area contributed by atoms with Crippen molar-refractivity contribution in [2.75, 3.05) is 0 Å². The van der Waals surface area contributed by atoms with Gasteiger partial charge in [0.1, 0.15) is 12.1 Å². The molecule has 0 fully saturated rings. The van der Waals surface area contributed by atoms with E-state index in [0.29, 0.717) is 5.56 Å². The van der Waals surface area contributed by atoms with E-state index in [4.69, 9.17) is 15.6 Å². The highest BCUT2D eigenvalue weighted by Crippen LogP contribution is 2.21. The van der Waals surface area contributed by atoms with Crippen LogP contribution in [0.3, 0.4) is 0 Å². The van der Waals surface area contributed by atoms with Crippen LogP contribution in [0.1, 0.15) is 28.4 Å². The third-order valence-electron chi connectivity index (χ3n) is 3.37. The maximum Gasteiger partial charge on any atom is 0.335 e. The van der Waals surface area contributed by atoms with Crippen molar-refractivity contribution in [1.29, 1.82) is 0 Å². The predicted octanol–water partition coefficient (Wildman–Crippen LogP) is 2.30. The standard InChI is InChI=1S/C17H17NO4/c1-17(18,14-9-7-13(8-10-14)15(19)20)16(21)22-11-12-5-3-2-4-6-12/h2-10H,11,18H2,1H3,(H,19,20). The average Bonchev–Trinajstić information content (AvgIpc) is 2.53. The molecule has 0 bridgehead atoms. The molecule has 5 heteroatoms. The summed E-state index contributed by atoms with van der Waals surface area (Å²) in [6, 6.07) is 15.2. The van der Waals surface area contributed by atoms with Crippen molar-refractivity contribution in [3.8, 4) is 0 Å². The summed E-state index contributed by atoms with van der Waals surface area (Å²) >= 11 is 0. The molecule has 0 aromatic heterocycles. The van der Waals surface area contributed by atoms with E-state index in [2.05, 4.69) is 0 Å². The van der Waals surface area contributed by atoms with Gasteiger partial charge in [-0.1, -0.05) is 42.5 Å². The smallest absolute Gasteiger partial charge is 0.335 e. The van der Waals surface area contributed by atoms with Gasteiger partial charge >= 0.3 is 11.9 Å². The zero-order valence-corrected chi connectivity index (χ0v) is 12.2. The Morgan fingerprint density at radius 1 is 1.09 bits per heavy atom. The molecule has 3 N–H and O–H groups in total. The van der Waals surface area contributed by atoms with Gasteiger partial charge in [-0.2, -0.15) is 0 Å². The number of carbonyl (C=O) groups is 2. The second kappa shape index (κ2) is 6.41. The molecule has 0 aliphatic carbocycles. The van der Waals surface area contributed by atoms with Gasteiger partial charge in [0.2, 0.25) is 0 Å². The Kier molecular flexibility index (Phi) is 4.58. The number of carbonyl (C=O) groups excluding carboxylic acids is 1. The fourth-order valence-electron chi connectivity index (χ4n) is 1.95. The Bertz CT molecular complexity index is 663. The lowest BCUT2D eigenvalue weighted by molar-refractivity contribution is -0.151. The van der Waals surface area contributed by atoms with Crippen molar-refractivity contribution >= 4 is 11.9 Å². The molecule has 2 aromatic rings. The van der Waals surface area contributed by atoms with Gasteiger partial charge in [0.05, 0.1) is 5.56 Å². The molecule has 0 radical (unpaired) electrons. The van der Waals surface area contributed by atoms with Crippen LogP contribution in [0.5, 0.6) is 0 Å². The minimum atomic E-state index is -1.34. The number of carboxylic acid groups (broad SMARTS) is 1. The molecule has 0 amide bonds. The SMILES string of the molecule is CC(N)(C(=O)OCc1ccccc1)c1ccc(C(=O)O)cc1. The quantitative estimate of drug-likeness (QED) is 0.827. The molecule has 114 valence electrons. The van der Waals surface area contributed by atoms with E-state index in [1.54, 1.807) is 0 Å². The van der Waals surface area contributed by atoms with E-state index in [1.807, 2.05) is 30.3 Å². The largest absolute Gasteiger partial charge is 0.478 e. The van der Waals surface area contributed by atoms with Gasteiger partial charge in [-0.25, -0.2) is 9.59 Å². The molecule has 0 heterocycles. The molecule has 1 unspecified atom stereocenters.